The molecule has 13 heteroatoms. The van der Waals surface area contributed by atoms with Gasteiger partial charge in [-0.05, 0) is 51.3 Å². The summed E-state index contributed by atoms with van der Waals surface area (Å²) in [6, 6.07) is 6.05. The highest BCUT2D eigenvalue weighted by Gasteiger charge is 2.37. The van der Waals surface area contributed by atoms with Crippen LogP contribution < -0.4 is 10.2 Å². The summed E-state index contributed by atoms with van der Waals surface area (Å²) in [5, 5.41) is 12.4. The first-order valence-electron chi connectivity index (χ1n) is 14.4. The lowest BCUT2D eigenvalue weighted by molar-refractivity contribution is -0.137. The summed E-state index contributed by atoms with van der Waals surface area (Å²) in [6.45, 7) is 8.39. The van der Waals surface area contributed by atoms with E-state index >= 15 is 0 Å². The predicted octanol–water partition coefficient (Wildman–Crippen LogP) is 6.32. The average molecular weight is 621 g/mol. The van der Waals surface area contributed by atoms with Crippen LogP contribution in [0.25, 0.3) is 10.6 Å². The Kier molecular flexibility index (Phi) is 8.65. The van der Waals surface area contributed by atoms with E-state index in [9.17, 15) is 18.3 Å². The number of aromatic nitrogens is 3. The molecule has 2 atom stereocenters. The number of alkyl halides is 3. The van der Waals surface area contributed by atoms with Crippen molar-refractivity contribution in [2.24, 2.45) is 0 Å². The molecular formula is C29H35F3N6O2S2. The standard InChI is InChI=1S/C29H35F3N6O2S2/c1-17-16-38(10-9-37(17)8-3-11-39)24-7-6-21(25(35-24)19-4-5-19)34-28-33-15-20(29(30,31)32)26(36-28)22-14-23-27(42-22)18(2)40-12-13-41-23/h6-7,14-15,17-19,39H,3-5,8-13,16H2,1-2H3,(H,33,34,36). The zero-order valence-corrected chi connectivity index (χ0v) is 25.3. The number of nitrogens with zero attached hydrogens (tertiary/aromatic N) is 5. The van der Waals surface area contributed by atoms with Gasteiger partial charge in [-0.25, -0.2) is 15.0 Å². The average Bonchev–Trinajstić information content (AvgIpc) is 3.75. The maximum Gasteiger partial charge on any atom is 0.420 e. The molecule has 3 aromatic rings. The molecule has 3 aliphatic rings. The number of pyridine rings is 1. The zero-order valence-electron chi connectivity index (χ0n) is 23.7. The van der Waals surface area contributed by atoms with Gasteiger partial charge < -0.3 is 20.1 Å². The lowest BCUT2D eigenvalue weighted by Crippen LogP contribution is -2.52. The van der Waals surface area contributed by atoms with Gasteiger partial charge in [0.25, 0.3) is 0 Å². The lowest BCUT2D eigenvalue weighted by atomic mass is 10.1. The molecule has 0 radical (unpaired) electrons. The molecule has 42 heavy (non-hydrogen) atoms. The van der Waals surface area contributed by atoms with Crippen LogP contribution in [-0.4, -0.2) is 76.1 Å². The highest BCUT2D eigenvalue weighted by atomic mass is 32.2. The first-order chi connectivity index (χ1) is 20.2. The number of fused-ring (bicyclic) bond motifs is 1. The van der Waals surface area contributed by atoms with Crippen molar-refractivity contribution in [3.63, 3.8) is 0 Å². The maximum absolute atomic E-state index is 14.1. The minimum atomic E-state index is -4.59. The van der Waals surface area contributed by atoms with E-state index in [2.05, 4.69) is 32.0 Å². The third-order valence-corrected chi connectivity index (χ3v) is 10.4. The van der Waals surface area contributed by atoms with Crippen LogP contribution in [0, 0.1) is 0 Å². The van der Waals surface area contributed by atoms with Gasteiger partial charge in [0.1, 0.15) is 11.4 Å². The van der Waals surface area contributed by atoms with E-state index < -0.39 is 11.7 Å². The molecule has 2 aliphatic heterocycles. The fraction of sp³-hybridized carbons (Fsp3) is 0.552. The number of aliphatic hydroxyl groups is 1. The molecule has 1 aliphatic carbocycles. The summed E-state index contributed by atoms with van der Waals surface area (Å²) < 4.78 is 48.0. The smallest absolute Gasteiger partial charge is 0.396 e. The largest absolute Gasteiger partial charge is 0.420 e. The number of nitrogens with one attached hydrogen (secondary N) is 1. The third-order valence-electron chi connectivity index (χ3n) is 7.94. The topological polar surface area (TPSA) is 86.6 Å². The number of hydrogen-bond donors (Lipinski definition) is 2. The van der Waals surface area contributed by atoms with Crippen molar-refractivity contribution in [2.75, 3.05) is 55.4 Å². The monoisotopic (exact) mass is 620 g/mol. The van der Waals surface area contributed by atoms with Crippen molar-refractivity contribution >= 4 is 40.6 Å². The van der Waals surface area contributed by atoms with Gasteiger partial charge in [-0.1, -0.05) is 0 Å². The molecule has 1 saturated carbocycles. The Balaban J connectivity index is 1.27. The number of thioether (sulfide) groups is 1. The first-order valence-corrected chi connectivity index (χ1v) is 16.2. The predicted molar refractivity (Wildman–Crippen MR) is 160 cm³/mol. The van der Waals surface area contributed by atoms with Crippen LogP contribution in [0.2, 0.25) is 0 Å². The second-order valence-electron chi connectivity index (χ2n) is 11.1. The summed E-state index contributed by atoms with van der Waals surface area (Å²) in [5.74, 6) is 2.07. The Morgan fingerprint density at radius 1 is 1.17 bits per heavy atom. The van der Waals surface area contributed by atoms with Gasteiger partial charge in [-0.3, -0.25) is 4.90 Å². The third kappa shape index (κ3) is 6.40. The Morgan fingerprint density at radius 3 is 2.74 bits per heavy atom. The molecule has 2 unspecified atom stereocenters. The first kappa shape index (κ1) is 29.6. The molecule has 6 rings (SSSR count). The molecule has 8 nitrogen and oxygen atoms in total. The fourth-order valence-electron chi connectivity index (χ4n) is 5.53. The van der Waals surface area contributed by atoms with Gasteiger partial charge in [0.05, 0.1) is 34.7 Å². The molecule has 0 bridgehead atoms. The molecule has 0 amide bonds. The Morgan fingerprint density at radius 2 is 2.00 bits per heavy atom. The molecule has 5 heterocycles. The van der Waals surface area contributed by atoms with Crippen LogP contribution in [0.5, 0.6) is 0 Å². The Hall–Kier alpha value is -2.45. The summed E-state index contributed by atoms with van der Waals surface area (Å²) in [6.07, 6.45) is -1.09. The molecule has 0 spiro atoms. The van der Waals surface area contributed by atoms with E-state index in [0.717, 1.165) is 84.4 Å². The van der Waals surface area contributed by atoms with Gasteiger partial charge >= 0.3 is 6.18 Å². The van der Waals surface area contributed by atoms with Crippen LogP contribution in [-0.2, 0) is 10.9 Å². The van der Waals surface area contributed by atoms with E-state index in [0.29, 0.717) is 23.4 Å². The van der Waals surface area contributed by atoms with E-state index in [1.165, 1.54) is 11.3 Å². The van der Waals surface area contributed by atoms with Gasteiger partial charge in [0, 0.05) is 66.5 Å². The molecule has 2 fully saturated rings. The molecule has 2 N–H and O–H groups in total. The number of hydrogen-bond acceptors (Lipinski definition) is 10. The number of aliphatic hydroxyl groups excluding tert-OH is 1. The van der Waals surface area contributed by atoms with Gasteiger partial charge in [-0.15, -0.1) is 23.1 Å². The minimum Gasteiger partial charge on any atom is -0.396 e. The van der Waals surface area contributed by atoms with Crippen LogP contribution in [0.1, 0.15) is 61.3 Å². The molecule has 3 aromatic heterocycles. The summed E-state index contributed by atoms with van der Waals surface area (Å²) in [5.41, 5.74) is 0.641. The van der Waals surface area contributed by atoms with Gasteiger partial charge in [-0.2, -0.15) is 13.2 Å². The van der Waals surface area contributed by atoms with E-state index in [4.69, 9.17) is 9.72 Å². The Labute approximate surface area is 251 Å². The van der Waals surface area contributed by atoms with Crippen LogP contribution in [0.15, 0.2) is 29.3 Å². The molecule has 0 aromatic carbocycles. The second-order valence-corrected chi connectivity index (χ2v) is 13.3. The normalized spacial score (nSPS) is 21.7. The van der Waals surface area contributed by atoms with Crippen LogP contribution >= 0.6 is 23.1 Å². The van der Waals surface area contributed by atoms with Gasteiger partial charge in [0.2, 0.25) is 5.95 Å². The van der Waals surface area contributed by atoms with Crippen molar-refractivity contribution in [1.82, 2.24) is 19.9 Å². The van der Waals surface area contributed by atoms with E-state index in [1.54, 1.807) is 17.8 Å². The summed E-state index contributed by atoms with van der Waals surface area (Å²) in [7, 11) is 0. The number of rotatable bonds is 8. The summed E-state index contributed by atoms with van der Waals surface area (Å²) >= 11 is 2.90. The van der Waals surface area contributed by atoms with E-state index in [1.807, 2.05) is 19.1 Å². The van der Waals surface area contributed by atoms with Gasteiger partial charge in [0.15, 0.2) is 0 Å². The number of ether oxygens (including phenoxy) is 1. The lowest BCUT2D eigenvalue weighted by Gasteiger charge is -2.40. The number of piperazine rings is 1. The number of thiophene rings is 1. The van der Waals surface area contributed by atoms with Crippen molar-refractivity contribution in [3.8, 4) is 10.6 Å². The summed E-state index contributed by atoms with van der Waals surface area (Å²) in [4.78, 5) is 20.5. The minimum absolute atomic E-state index is 0.112. The molecular weight excluding hydrogens is 585 g/mol. The quantitative estimate of drug-likeness (QED) is 0.301. The maximum atomic E-state index is 14.1. The number of halogens is 3. The highest BCUT2D eigenvalue weighted by molar-refractivity contribution is 7.99. The number of anilines is 3. The molecule has 226 valence electrons. The van der Waals surface area contributed by atoms with Crippen LogP contribution in [0.4, 0.5) is 30.6 Å². The highest BCUT2D eigenvalue weighted by Crippen LogP contribution is 2.46. The Bertz CT molecular complexity index is 1420. The van der Waals surface area contributed by atoms with Crippen LogP contribution in [0.3, 0.4) is 0 Å². The molecule has 1 saturated heterocycles. The van der Waals surface area contributed by atoms with Crippen molar-refractivity contribution in [1.29, 1.82) is 0 Å². The van der Waals surface area contributed by atoms with Crippen molar-refractivity contribution in [3.05, 3.63) is 40.5 Å². The SMILES string of the molecule is CC1OCCSc2cc(-c3nc(Nc4ccc(N5CCN(CCCO)C(C)C5)nc4C4CC4)ncc3C(F)(F)F)sc21. The second kappa shape index (κ2) is 12.3. The van der Waals surface area contributed by atoms with Crippen molar-refractivity contribution < 1.29 is 23.0 Å². The van der Waals surface area contributed by atoms with Crippen molar-refractivity contribution in [2.45, 2.75) is 62.2 Å². The fourth-order valence-corrected chi connectivity index (χ4v) is 7.88. The zero-order chi connectivity index (χ0) is 29.4. The van der Waals surface area contributed by atoms with E-state index in [-0.39, 0.29) is 24.4 Å².